The van der Waals surface area contributed by atoms with Crippen molar-refractivity contribution in [2.24, 2.45) is 0 Å². The molecule has 0 aliphatic heterocycles. The van der Waals surface area contributed by atoms with Crippen LogP contribution in [-0.4, -0.2) is 13.0 Å². The largest absolute Gasteiger partial charge is 0.497 e. The van der Waals surface area contributed by atoms with Crippen molar-refractivity contribution >= 4 is 17.2 Å². The number of nitrogens with one attached hydrogen (secondary N) is 1. The number of allylic oxidation sites excluding steroid dienone is 1. The smallest absolute Gasteiger partial charge is 0.221 e. The van der Waals surface area contributed by atoms with Crippen LogP contribution >= 0.6 is 0 Å². The molecule has 0 saturated heterocycles. The molecular formula is C12H15NO2. The number of ether oxygens (including phenoxy) is 1. The van der Waals surface area contributed by atoms with Crippen molar-refractivity contribution in [3.8, 4) is 5.75 Å². The van der Waals surface area contributed by atoms with Crippen molar-refractivity contribution < 1.29 is 9.53 Å². The van der Waals surface area contributed by atoms with Gasteiger partial charge in [0.2, 0.25) is 5.91 Å². The second-order valence-electron chi connectivity index (χ2n) is 3.37. The molecule has 0 fully saturated rings. The van der Waals surface area contributed by atoms with Crippen LogP contribution in [0.4, 0.5) is 5.69 Å². The molecular weight excluding hydrogens is 190 g/mol. The van der Waals surface area contributed by atoms with E-state index in [1.165, 1.54) is 6.92 Å². The molecule has 0 saturated carbocycles. The highest BCUT2D eigenvalue weighted by atomic mass is 16.5. The van der Waals surface area contributed by atoms with E-state index in [9.17, 15) is 4.79 Å². The molecule has 80 valence electrons. The second-order valence-corrected chi connectivity index (χ2v) is 3.37. The number of rotatable bonds is 3. The number of amides is 1. The maximum Gasteiger partial charge on any atom is 0.221 e. The summed E-state index contributed by atoms with van der Waals surface area (Å²) in [6, 6.07) is 5.47. The zero-order valence-corrected chi connectivity index (χ0v) is 9.26. The molecule has 15 heavy (non-hydrogen) atoms. The summed E-state index contributed by atoms with van der Waals surface area (Å²) in [6.07, 6.45) is 0. The van der Waals surface area contributed by atoms with E-state index in [-0.39, 0.29) is 5.91 Å². The summed E-state index contributed by atoms with van der Waals surface area (Å²) in [5.41, 5.74) is 2.54. The lowest BCUT2D eigenvalue weighted by Crippen LogP contribution is -2.07. The third kappa shape index (κ3) is 2.84. The Labute approximate surface area is 89.8 Å². The van der Waals surface area contributed by atoms with Gasteiger partial charge in [0.1, 0.15) is 5.75 Å². The van der Waals surface area contributed by atoms with Gasteiger partial charge in [0.15, 0.2) is 0 Å². The number of hydrogen-bond donors (Lipinski definition) is 1. The molecule has 0 heterocycles. The van der Waals surface area contributed by atoms with Crippen molar-refractivity contribution in [1.82, 2.24) is 0 Å². The van der Waals surface area contributed by atoms with Gasteiger partial charge in [0, 0.05) is 18.2 Å². The van der Waals surface area contributed by atoms with E-state index in [4.69, 9.17) is 4.74 Å². The van der Waals surface area contributed by atoms with Gasteiger partial charge in [0.25, 0.3) is 0 Å². The predicted octanol–water partition coefficient (Wildman–Crippen LogP) is 2.69. The Kier molecular flexibility index (Phi) is 3.50. The van der Waals surface area contributed by atoms with Crippen LogP contribution in [0.3, 0.4) is 0 Å². The van der Waals surface area contributed by atoms with Gasteiger partial charge >= 0.3 is 0 Å². The van der Waals surface area contributed by atoms with Crippen molar-refractivity contribution in [2.45, 2.75) is 13.8 Å². The lowest BCUT2D eigenvalue weighted by molar-refractivity contribution is -0.114. The van der Waals surface area contributed by atoms with Crippen molar-refractivity contribution in [1.29, 1.82) is 0 Å². The SMILES string of the molecule is C=C(C)c1cc(OC)ccc1NC(C)=O. The molecule has 0 bridgehead atoms. The minimum atomic E-state index is -0.0948. The monoisotopic (exact) mass is 205 g/mol. The van der Waals surface area contributed by atoms with Gasteiger partial charge in [-0.05, 0) is 30.7 Å². The summed E-state index contributed by atoms with van der Waals surface area (Å²) in [5.74, 6) is 0.657. The third-order valence-electron chi connectivity index (χ3n) is 2.00. The summed E-state index contributed by atoms with van der Waals surface area (Å²) in [4.78, 5) is 11.0. The first-order valence-corrected chi connectivity index (χ1v) is 4.66. The van der Waals surface area contributed by atoms with E-state index in [2.05, 4.69) is 11.9 Å². The highest BCUT2D eigenvalue weighted by Crippen LogP contribution is 2.27. The van der Waals surface area contributed by atoms with E-state index in [0.29, 0.717) is 0 Å². The second kappa shape index (κ2) is 4.64. The van der Waals surface area contributed by atoms with Gasteiger partial charge in [-0.25, -0.2) is 0 Å². The van der Waals surface area contributed by atoms with Crippen molar-refractivity contribution in [3.05, 3.63) is 30.3 Å². The molecule has 1 aromatic rings. The molecule has 0 aliphatic rings. The van der Waals surface area contributed by atoms with Gasteiger partial charge < -0.3 is 10.1 Å². The molecule has 3 heteroatoms. The average Bonchev–Trinajstić information content (AvgIpc) is 2.17. The number of benzene rings is 1. The summed E-state index contributed by atoms with van der Waals surface area (Å²) in [5, 5.41) is 2.75. The molecule has 0 unspecified atom stereocenters. The van der Waals surface area contributed by atoms with Crippen LogP contribution in [-0.2, 0) is 4.79 Å². The van der Waals surface area contributed by atoms with E-state index in [1.54, 1.807) is 13.2 Å². The Morgan fingerprint density at radius 1 is 1.40 bits per heavy atom. The molecule has 0 atom stereocenters. The van der Waals surface area contributed by atoms with Crippen LogP contribution in [0.1, 0.15) is 19.4 Å². The van der Waals surface area contributed by atoms with E-state index >= 15 is 0 Å². The van der Waals surface area contributed by atoms with Crippen LogP contribution in [0.5, 0.6) is 5.75 Å². The first kappa shape index (κ1) is 11.3. The number of methoxy groups -OCH3 is 1. The molecule has 0 aromatic heterocycles. The predicted molar refractivity (Wildman–Crippen MR) is 62.0 cm³/mol. The zero-order chi connectivity index (χ0) is 11.4. The fourth-order valence-electron chi connectivity index (χ4n) is 1.30. The van der Waals surface area contributed by atoms with Gasteiger partial charge in [-0.15, -0.1) is 0 Å². The van der Waals surface area contributed by atoms with Crippen LogP contribution in [0, 0.1) is 0 Å². The number of carbonyl (C=O) groups is 1. The van der Waals surface area contributed by atoms with Crippen LogP contribution in [0.25, 0.3) is 5.57 Å². The van der Waals surface area contributed by atoms with Gasteiger partial charge in [-0.3, -0.25) is 4.79 Å². The average molecular weight is 205 g/mol. The minimum Gasteiger partial charge on any atom is -0.497 e. The summed E-state index contributed by atoms with van der Waals surface area (Å²) < 4.78 is 5.11. The van der Waals surface area contributed by atoms with Crippen LogP contribution in [0.15, 0.2) is 24.8 Å². The standard InChI is InChI=1S/C12H15NO2/c1-8(2)11-7-10(15-4)5-6-12(11)13-9(3)14/h5-7H,1H2,2-4H3,(H,13,14). The highest BCUT2D eigenvalue weighted by Gasteiger charge is 2.06. The molecule has 1 amide bonds. The normalized spacial score (nSPS) is 9.53. The molecule has 3 nitrogen and oxygen atoms in total. The summed E-state index contributed by atoms with van der Waals surface area (Å²) >= 11 is 0. The Bertz CT molecular complexity index is 397. The lowest BCUT2D eigenvalue weighted by atomic mass is 10.1. The van der Waals surface area contributed by atoms with Gasteiger partial charge in [-0.2, -0.15) is 0 Å². The maximum absolute atomic E-state index is 11.0. The highest BCUT2D eigenvalue weighted by molar-refractivity contribution is 5.92. The Balaban J connectivity index is 3.15. The fourth-order valence-corrected chi connectivity index (χ4v) is 1.30. The van der Waals surface area contributed by atoms with Crippen molar-refractivity contribution in [3.63, 3.8) is 0 Å². The van der Waals surface area contributed by atoms with Crippen LogP contribution < -0.4 is 10.1 Å². The van der Waals surface area contributed by atoms with E-state index in [1.807, 2.05) is 19.1 Å². The molecule has 1 rings (SSSR count). The summed E-state index contributed by atoms with van der Waals surface area (Å²) in [6.45, 7) is 7.23. The van der Waals surface area contributed by atoms with E-state index in [0.717, 1.165) is 22.6 Å². The molecule has 1 N–H and O–H groups in total. The van der Waals surface area contributed by atoms with Gasteiger partial charge in [0.05, 0.1) is 7.11 Å². The minimum absolute atomic E-state index is 0.0948. The van der Waals surface area contributed by atoms with Crippen LogP contribution in [0.2, 0.25) is 0 Å². The number of carbonyl (C=O) groups excluding carboxylic acids is 1. The summed E-state index contributed by atoms with van der Waals surface area (Å²) in [7, 11) is 1.61. The fraction of sp³-hybridized carbons (Fsp3) is 0.250. The number of anilines is 1. The Hall–Kier alpha value is -1.77. The van der Waals surface area contributed by atoms with E-state index < -0.39 is 0 Å². The number of hydrogen-bond acceptors (Lipinski definition) is 2. The van der Waals surface area contributed by atoms with Crippen molar-refractivity contribution in [2.75, 3.05) is 12.4 Å². The molecule has 1 aromatic carbocycles. The quantitative estimate of drug-likeness (QED) is 0.823. The van der Waals surface area contributed by atoms with Gasteiger partial charge in [-0.1, -0.05) is 6.58 Å². The maximum atomic E-state index is 11.0. The topological polar surface area (TPSA) is 38.3 Å². The molecule has 0 spiro atoms. The molecule has 0 aliphatic carbocycles. The zero-order valence-electron chi connectivity index (χ0n) is 9.26. The lowest BCUT2D eigenvalue weighted by Gasteiger charge is -2.11. The Morgan fingerprint density at radius 3 is 2.53 bits per heavy atom. The Morgan fingerprint density at radius 2 is 2.07 bits per heavy atom. The first-order valence-electron chi connectivity index (χ1n) is 4.66. The molecule has 0 radical (unpaired) electrons. The third-order valence-corrected chi connectivity index (χ3v) is 2.00. The first-order chi connectivity index (χ1) is 7.04.